The summed E-state index contributed by atoms with van der Waals surface area (Å²) in [7, 11) is 1.68. The van der Waals surface area contributed by atoms with E-state index in [0.717, 1.165) is 17.0 Å². The second-order valence-electron chi connectivity index (χ2n) is 3.82. The van der Waals surface area contributed by atoms with Crippen LogP contribution in [0, 0.1) is 18.6 Å². The Hall–Kier alpha value is -1.55. The van der Waals surface area contributed by atoms with Crippen LogP contribution in [0.25, 0.3) is 11.3 Å². The van der Waals surface area contributed by atoms with Crippen LogP contribution in [0.15, 0.2) is 18.3 Å². The molecule has 2 rings (SSSR count). The molecule has 1 aromatic heterocycles. The van der Waals surface area contributed by atoms with Crippen LogP contribution < -0.4 is 4.74 Å². The average molecular weight is 234 g/mol. The maximum absolute atomic E-state index is 5.40. The lowest BCUT2D eigenvalue weighted by Gasteiger charge is -2.11. The van der Waals surface area contributed by atoms with Crippen molar-refractivity contribution in [1.29, 1.82) is 0 Å². The monoisotopic (exact) mass is 234 g/mol. The van der Waals surface area contributed by atoms with Gasteiger partial charge in [-0.2, -0.15) is 0 Å². The molecule has 3 nitrogen and oxygen atoms in total. The lowest BCUT2D eigenvalue weighted by molar-refractivity contribution is 0.415. The molecule has 2 N–H and O–H groups in total. The molecule has 4 heteroatoms. The van der Waals surface area contributed by atoms with Gasteiger partial charge in [-0.3, -0.25) is 0 Å². The van der Waals surface area contributed by atoms with E-state index in [1.807, 2.05) is 12.3 Å². The third kappa shape index (κ3) is 1.88. The molecule has 1 heterocycles. The Kier molecular flexibility index (Phi) is 2.83. The Morgan fingerprint density at radius 2 is 2.00 bits per heavy atom. The first-order valence-electron chi connectivity index (χ1n) is 5.05. The molecule has 0 aliphatic rings. The topological polar surface area (TPSA) is 40.8 Å². The molecule has 16 heavy (non-hydrogen) atoms. The summed E-state index contributed by atoms with van der Waals surface area (Å²) < 4.78 is 6.03. The number of nitrogens with one attached hydrogen (secondary N) is 2. The maximum Gasteiger partial charge on any atom is 0.174 e. The number of imidazole rings is 1. The van der Waals surface area contributed by atoms with Gasteiger partial charge in [-0.1, -0.05) is 6.07 Å². The van der Waals surface area contributed by atoms with Gasteiger partial charge in [0.05, 0.1) is 12.8 Å². The van der Waals surface area contributed by atoms with Crippen molar-refractivity contribution in [2.75, 3.05) is 7.11 Å². The van der Waals surface area contributed by atoms with Gasteiger partial charge < -0.3 is 14.7 Å². The summed E-state index contributed by atoms with van der Waals surface area (Å²) in [6, 6.07) is 4.15. The van der Waals surface area contributed by atoms with Crippen LogP contribution in [-0.4, -0.2) is 17.1 Å². The fourth-order valence-electron chi connectivity index (χ4n) is 1.90. The highest BCUT2D eigenvalue weighted by Crippen LogP contribution is 2.32. The fraction of sp³-hybridized carbons (Fsp3) is 0.250. The number of aromatic amines is 2. The molecule has 0 unspecified atom stereocenters. The molecule has 84 valence electrons. The zero-order valence-electron chi connectivity index (χ0n) is 9.55. The van der Waals surface area contributed by atoms with Crippen molar-refractivity contribution in [2.24, 2.45) is 0 Å². The van der Waals surface area contributed by atoms with Gasteiger partial charge in [0.2, 0.25) is 0 Å². The molecule has 0 saturated heterocycles. The predicted molar refractivity (Wildman–Crippen MR) is 67.4 cm³/mol. The Morgan fingerprint density at radius 1 is 1.25 bits per heavy atom. The molecule has 1 aromatic carbocycles. The van der Waals surface area contributed by atoms with Crippen molar-refractivity contribution >= 4 is 12.2 Å². The van der Waals surface area contributed by atoms with Gasteiger partial charge >= 0.3 is 0 Å². The van der Waals surface area contributed by atoms with Crippen LogP contribution in [-0.2, 0) is 0 Å². The van der Waals surface area contributed by atoms with Crippen molar-refractivity contribution in [3.05, 3.63) is 34.2 Å². The SMILES string of the molecule is COc1cc(C)cc(C)c1-c1c[nH]c(=S)[nH]1. The van der Waals surface area contributed by atoms with Crippen molar-refractivity contribution in [2.45, 2.75) is 13.8 Å². The summed E-state index contributed by atoms with van der Waals surface area (Å²) >= 11 is 5.03. The van der Waals surface area contributed by atoms with Crippen LogP contribution in [0.1, 0.15) is 11.1 Å². The molecule has 2 aromatic rings. The molecule has 0 aliphatic heterocycles. The van der Waals surface area contributed by atoms with E-state index in [1.54, 1.807) is 7.11 Å². The first-order chi connectivity index (χ1) is 7.61. The number of ether oxygens (including phenoxy) is 1. The van der Waals surface area contributed by atoms with Crippen LogP contribution in [0.4, 0.5) is 0 Å². The highest BCUT2D eigenvalue weighted by Gasteiger charge is 2.11. The van der Waals surface area contributed by atoms with Crippen molar-refractivity contribution in [3.63, 3.8) is 0 Å². The largest absolute Gasteiger partial charge is 0.496 e. The number of hydrogen-bond acceptors (Lipinski definition) is 2. The van der Waals surface area contributed by atoms with Crippen LogP contribution in [0.3, 0.4) is 0 Å². The molecular formula is C12H14N2OS. The second kappa shape index (κ2) is 4.14. The Bertz CT molecular complexity index is 569. The summed E-state index contributed by atoms with van der Waals surface area (Å²) in [4.78, 5) is 6.07. The van der Waals surface area contributed by atoms with Gasteiger partial charge in [-0.05, 0) is 43.3 Å². The fourth-order valence-corrected chi connectivity index (χ4v) is 2.07. The summed E-state index contributed by atoms with van der Waals surface area (Å²) in [5, 5.41) is 0. The first-order valence-corrected chi connectivity index (χ1v) is 5.46. The van der Waals surface area contributed by atoms with Crippen LogP contribution >= 0.6 is 12.2 Å². The van der Waals surface area contributed by atoms with Crippen molar-refractivity contribution in [1.82, 2.24) is 9.97 Å². The van der Waals surface area contributed by atoms with Crippen LogP contribution in [0.2, 0.25) is 0 Å². The second-order valence-corrected chi connectivity index (χ2v) is 4.22. The van der Waals surface area contributed by atoms with E-state index in [1.165, 1.54) is 11.1 Å². The molecule has 0 aliphatic carbocycles. The number of rotatable bonds is 2. The Labute approximate surface area is 99.5 Å². The number of aryl methyl sites for hydroxylation is 2. The van der Waals surface area contributed by atoms with Gasteiger partial charge in [0, 0.05) is 11.8 Å². The standard InChI is InChI=1S/C12H14N2OS/c1-7-4-8(2)11(10(5-7)15-3)9-6-13-12(16)14-9/h4-6H,1-3H3,(H2,13,14,16). The summed E-state index contributed by atoms with van der Waals surface area (Å²) in [5.74, 6) is 0.864. The van der Waals surface area contributed by atoms with Crippen molar-refractivity contribution < 1.29 is 4.74 Å². The molecule has 0 fully saturated rings. The number of hydrogen-bond donors (Lipinski definition) is 2. The van der Waals surface area contributed by atoms with E-state index in [-0.39, 0.29) is 0 Å². The van der Waals surface area contributed by atoms with Crippen molar-refractivity contribution in [3.8, 4) is 17.0 Å². The van der Waals surface area contributed by atoms with Gasteiger partial charge in [0.15, 0.2) is 4.77 Å². The minimum Gasteiger partial charge on any atom is -0.496 e. The van der Waals surface area contributed by atoms with E-state index < -0.39 is 0 Å². The van der Waals surface area contributed by atoms with Gasteiger partial charge in [-0.15, -0.1) is 0 Å². The molecule has 0 radical (unpaired) electrons. The molecule has 0 spiro atoms. The average Bonchev–Trinajstić information content (AvgIpc) is 2.63. The molecule has 0 bridgehead atoms. The molecule has 0 atom stereocenters. The van der Waals surface area contributed by atoms with E-state index in [2.05, 4.69) is 29.9 Å². The maximum atomic E-state index is 5.40. The normalized spacial score (nSPS) is 10.4. The van der Waals surface area contributed by atoms with E-state index in [4.69, 9.17) is 17.0 Å². The zero-order valence-corrected chi connectivity index (χ0v) is 10.4. The minimum absolute atomic E-state index is 0.622. The van der Waals surface area contributed by atoms with E-state index >= 15 is 0 Å². The van der Waals surface area contributed by atoms with Gasteiger partial charge in [0.1, 0.15) is 5.75 Å². The zero-order chi connectivity index (χ0) is 11.7. The minimum atomic E-state index is 0.622. The third-order valence-corrected chi connectivity index (χ3v) is 2.75. The Balaban J connectivity index is 2.68. The molecule has 0 amide bonds. The number of methoxy groups -OCH3 is 1. The number of H-pyrrole nitrogens is 2. The quantitative estimate of drug-likeness (QED) is 0.782. The number of benzene rings is 1. The lowest BCUT2D eigenvalue weighted by atomic mass is 10.0. The highest BCUT2D eigenvalue weighted by molar-refractivity contribution is 7.71. The number of aromatic nitrogens is 2. The summed E-state index contributed by atoms with van der Waals surface area (Å²) in [6.45, 7) is 4.12. The van der Waals surface area contributed by atoms with E-state index in [9.17, 15) is 0 Å². The summed E-state index contributed by atoms with van der Waals surface area (Å²) in [5.41, 5.74) is 4.37. The summed E-state index contributed by atoms with van der Waals surface area (Å²) in [6.07, 6.45) is 1.86. The molecule has 0 saturated carbocycles. The van der Waals surface area contributed by atoms with Gasteiger partial charge in [-0.25, -0.2) is 0 Å². The smallest absolute Gasteiger partial charge is 0.174 e. The lowest BCUT2D eigenvalue weighted by Crippen LogP contribution is -1.92. The van der Waals surface area contributed by atoms with Crippen LogP contribution in [0.5, 0.6) is 5.75 Å². The van der Waals surface area contributed by atoms with Gasteiger partial charge in [0.25, 0.3) is 0 Å². The first kappa shape index (κ1) is 11.0. The predicted octanol–water partition coefficient (Wildman–Crippen LogP) is 3.36. The highest BCUT2D eigenvalue weighted by atomic mass is 32.1. The third-order valence-electron chi connectivity index (χ3n) is 2.53. The van der Waals surface area contributed by atoms with E-state index in [0.29, 0.717) is 4.77 Å². The molecular weight excluding hydrogens is 220 g/mol. The Morgan fingerprint density at radius 3 is 2.56 bits per heavy atom.